The van der Waals surface area contributed by atoms with Crippen LogP contribution in [0, 0.1) is 0 Å². The van der Waals surface area contributed by atoms with Gasteiger partial charge in [-0.05, 0) is 23.8 Å². The Labute approximate surface area is 131 Å². The number of halogens is 1. The van der Waals surface area contributed by atoms with E-state index in [1.165, 1.54) is 6.20 Å². The molecule has 1 aromatic heterocycles. The first-order valence-corrected chi connectivity index (χ1v) is 7.05. The highest BCUT2D eigenvalue weighted by Crippen LogP contribution is 2.23. The third-order valence-electron chi connectivity index (χ3n) is 3.29. The fourth-order valence-corrected chi connectivity index (χ4v) is 2.35. The number of nitrogens with one attached hydrogen (secondary N) is 1. The molecule has 0 bridgehead atoms. The number of H-pyrrole nitrogens is 1. The number of carbonyl (C=O) groups excluding carboxylic acids is 2. The standard InChI is InChI=1S/C17H12ClNO3/c18-12-6-7-15-13(8-12)14(9-19-15)16(20)17(21)22-10-11-4-2-1-3-5-11/h1-9,19H,10H2. The topological polar surface area (TPSA) is 59.2 Å². The number of carbonyl (C=O) groups is 2. The SMILES string of the molecule is O=C(OCc1ccccc1)C(=O)c1c[nH]c2ccc(Cl)cc12. The normalized spacial score (nSPS) is 10.6. The molecule has 0 aliphatic rings. The molecule has 1 N–H and O–H groups in total. The number of benzene rings is 2. The van der Waals surface area contributed by atoms with E-state index in [-0.39, 0.29) is 12.2 Å². The van der Waals surface area contributed by atoms with Crippen molar-refractivity contribution in [2.75, 3.05) is 0 Å². The summed E-state index contributed by atoms with van der Waals surface area (Å²) >= 11 is 5.93. The lowest BCUT2D eigenvalue weighted by Gasteiger charge is -2.03. The number of hydrogen-bond acceptors (Lipinski definition) is 3. The van der Waals surface area contributed by atoms with Crippen LogP contribution in [0.3, 0.4) is 0 Å². The number of aromatic nitrogens is 1. The number of esters is 1. The van der Waals surface area contributed by atoms with Gasteiger partial charge in [-0.2, -0.15) is 0 Å². The summed E-state index contributed by atoms with van der Waals surface area (Å²) in [6.45, 7) is 0.0640. The zero-order chi connectivity index (χ0) is 15.5. The van der Waals surface area contributed by atoms with Gasteiger partial charge in [-0.1, -0.05) is 41.9 Å². The van der Waals surface area contributed by atoms with E-state index in [2.05, 4.69) is 4.98 Å². The van der Waals surface area contributed by atoms with E-state index in [1.54, 1.807) is 18.2 Å². The molecule has 0 aliphatic carbocycles. The molecular weight excluding hydrogens is 302 g/mol. The van der Waals surface area contributed by atoms with E-state index in [0.29, 0.717) is 10.4 Å². The Hall–Kier alpha value is -2.59. The lowest BCUT2D eigenvalue weighted by Crippen LogP contribution is -2.17. The van der Waals surface area contributed by atoms with Crippen LogP contribution in [-0.4, -0.2) is 16.7 Å². The molecule has 0 aliphatic heterocycles. The van der Waals surface area contributed by atoms with Gasteiger partial charge in [0.2, 0.25) is 0 Å². The van der Waals surface area contributed by atoms with Gasteiger partial charge in [0.05, 0.1) is 5.56 Å². The molecule has 110 valence electrons. The van der Waals surface area contributed by atoms with Crippen molar-refractivity contribution in [1.82, 2.24) is 4.98 Å². The van der Waals surface area contributed by atoms with E-state index in [0.717, 1.165) is 11.1 Å². The van der Waals surface area contributed by atoms with Crippen molar-refractivity contribution in [3.63, 3.8) is 0 Å². The van der Waals surface area contributed by atoms with Crippen LogP contribution in [0.2, 0.25) is 5.02 Å². The first-order chi connectivity index (χ1) is 10.6. The number of rotatable bonds is 4. The minimum absolute atomic E-state index is 0.0640. The summed E-state index contributed by atoms with van der Waals surface area (Å²) in [6.07, 6.45) is 1.49. The van der Waals surface area contributed by atoms with E-state index in [1.807, 2.05) is 30.3 Å². The van der Waals surface area contributed by atoms with Crippen molar-refractivity contribution >= 4 is 34.3 Å². The highest BCUT2D eigenvalue weighted by molar-refractivity contribution is 6.43. The Balaban J connectivity index is 1.77. The van der Waals surface area contributed by atoms with Gasteiger partial charge < -0.3 is 9.72 Å². The zero-order valence-corrected chi connectivity index (χ0v) is 12.3. The number of fused-ring (bicyclic) bond motifs is 1. The van der Waals surface area contributed by atoms with Crippen molar-refractivity contribution in [2.45, 2.75) is 6.61 Å². The second kappa shape index (κ2) is 6.03. The van der Waals surface area contributed by atoms with Gasteiger partial charge in [0.15, 0.2) is 0 Å². The number of aromatic amines is 1. The molecule has 0 saturated heterocycles. The number of hydrogen-bond donors (Lipinski definition) is 1. The molecule has 1 heterocycles. The van der Waals surface area contributed by atoms with Crippen LogP contribution in [0.1, 0.15) is 15.9 Å². The van der Waals surface area contributed by atoms with Crippen LogP contribution in [-0.2, 0) is 16.1 Å². The van der Waals surface area contributed by atoms with Crippen LogP contribution < -0.4 is 0 Å². The quantitative estimate of drug-likeness (QED) is 0.453. The van der Waals surface area contributed by atoms with E-state index in [9.17, 15) is 9.59 Å². The molecule has 0 amide bonds. The molecule has 0 fully saturated rings. The molecule has 0 radical (unpaired) electrons. The summed E-state index contributed by atoms with van der Waals surface area (Å²) in [5.74, 6) is -1.57. The molecule has 0 unspecified atom stereocenters. The molecule has 5 heteroatoms. The van der Waals surface area contributed by atoms with Crippen molar-refractivity contribution < 1.29 is 14.3 Å². The Morgan fingerprint density at radius 1 is 1.09 bits per heavy atom. The van der Waals surface area contributed by atoms with Crippen molar-refractivity contribution in [3.8, 4) is 0 Å². The zero-order valence-electron chi connectivity index (χ0n) is 11.5. The Morgan fingerprint density at radius 2 is 1.86 bits per heavy atom. The highest BCUT2D eigenvalue weighted by Gasteiger charge is 2.21. The summed E-state index contributed by atoms with van der Waals surface area (Å²) in [4.78, 5) is 27.1. The van der Waals surface area contributed by atoms with Gasteiger partial charge in [-0.15, -0.1) is 0 Å². The predicted octanol–water partition coefficient (Wildman–Crippen LogP) is 3.75. The van der Waals surface area contributed by atoms with Crippen LogP contribution in [0.15, 0.2) is 54.7 Å². The van der Waals surface area contributed by atoms with E-state index >= 15 is 0 Å². The molecule has 3 aromatic rings. The first-order valence-electron chi connectivity index (χ1n) is 6.67. The number of Topliss-reactive ketones (excluding diaryl/α,β-unsaturated/α-hetero) is 1. The second-order valence-corrected chi connectivity index (χ2v) is 5.22. The molecule has 4 nitrogen and oxygen atoms in total. The minimum Gasteiger partial charge on any atom is -0.455 e. The maximum Gasteiger partial charge on any atom is 0.380 e. The molecule has 22 heavy (non-hydrogen) atoms. The fourth-order valence-electron chi connectivity index (χ4n) is 2.18. The lowest BCUT2D eigenvalue weighted by atomic mass is 10.1. The first kappa shape index (κ1) is 14.4. The summed E-state index contributed by atoms with van der Waals surface area (Å²) < 4.78 is 5.06. The third kappa shape index (κ3) is 2.87. The van der Waals surface area contributed by atoms with Crippen LogP contribution >= 0.6 is 11.6 Å². The van der Waals surface area contributed by atoms with Crippen molar-refractivity contribution in [3.05, 3.63) is 70.9 Å². The lowest BCUT2D eigenvalue weighted by molar-refractivity contribution is -0.139. The van der Waals surface area contributed by atoms with Gasteiger partial charge in [0, 0.05) is 22.1 Å². The van der Waals surface area contributed by atoms with Gasteiger partial charge in [0.25, 0.3) is 5.78 Å². The number of ether oxygens (including phenoxy) is 1. The largest absolute Gasteiger partial charge is 0.455 e. The molecule has 0 spiro atoms. The molecule has 0 atom stereocenters. The van der Waals surface area contributed by atoms with Crippen LogP contribution in [0.5, 0.6) is 0 Å². The third-order valence-corrected chi connectivity index (χ3v) is 3.52. The van der Waals surface area contributed by atoms with Crippen molar-refractivity contribution in [1.29, 1.82) is 0 Å². The van der Waals surface area contributed by atoms with Crippen LogP contribution in [0.25, 0.3) is 10.9 Å². The van der Waals surface area contributed by atoms with Gasteiger partial charge in [-0.25, -0.2) is 4.79 Å². The van der Waals surface area contributed by atoms with Crippen molar-refractivity contribution in [2.24, 2.45) is 0 Å². The maximum atomic E-state index is 12.2. The minimum atomic E-state index is -0.885. The highest BCUT2D eigenvalue weighted by atomic mass is 35.5. The number of ketones is 1. The Kier molecular flexibility index (Phi) is 3.94. The van der Waals surface area contributed by atoms with Gasteiger partial charge in [0.1, 0.15) is 6.61 Å². The average molecular weight is 314 g/mol. The predicted molar refractivity (Wildman–Crippen MR) is 83.9 cm³/mol. The molecule has 0 saturated carbocycles. The molecule has 3 rings (SSSR count). The summed E-state index contributed by atoms with van der Waals surface area (Å²) in [5, 5.41) is 1.10. The molecular formula is C17H12ClNO3. The Bertz CT molecular complexity index is 839. The fraction of sp³-hybridized carbons (Fsp3) is 0.0588. The second-order valence-electron chi connectivity index (χ2n) is 4.78. The van der Waals surface area contributed by atoms with E-state index in [4.69, 9.17) is 16.3 Å². The Morgan fingerprint density at radius 3 is 2.64 bits per heavy atom. The smallest absolute Gasteiger partial charge is 0.380 e. The maximum absolute atomic E-state index is 12.2. The summed E-state index contributed by atoms with van der Waals surface area (Å²) in [7, 11) is 0. The monoisotopic (exact) mass is 313 g/mol. The average Bonchev–Trinajstić information content (AvgIpc) is 2.95. The molecule has 2 aromatic carbocycles. The van der Waals surface area contributed by atoms with Gasteiger partial charge in [-0.3, -0.25) is 4.79 Å². The summed E-state index contributed by atoms with van der Waals surface area (Å²) in [5.41, 5.74) is 1.82. The van der Waals surface area contributed by atoms with Crippen LogP contribution in [0.4, 0.5) is 0 Å². The van der Waals surface area contributed by atoms with E-state index < -0.39 is 11.8 Å². The summed E-state index contributed by atoms with van der Waals surface area (Å²) in [6, 6.07) is 14.3. The van der Waals surface area contributed by atoms with Gasteiger partial charge >= 0.3 is 5.97 Å².